The number of carbonyl (C=O) groups is 1. The maximum absolute atomic E-state index is 12.2. The van der Waals surface area contributed by atoms with Crippen molar-refractivity contribution in [3.63, 3.8) is 0 Å². The highest BCUT2D eigenvalue weighted by atomic mass is 16.4. The first kappa shape index (κ1) is 18.2. The minimum absolute atomic E-state index is 0.0981. The summed E-state index contributed by atoms with van der Waals surface area (Å²) >= 11 is 0. The Morgan fingerprint density at radius 2 is 2.12 bits per heavy atom. The van der Waals surface area contributed by atoms with Crippen LogP contribution in [0.15, 0.2) is 27.4 Å². The summed E-state index contributed by atoms with van der Waals surface area (Å²) in [5.41, 5.74) is 7.72. The number of likely N-dealkylation sites (N-methyl/N-ethyl adjacent to an activating group) is 1. The Labute approximate surface area is 141 Å². The van der Waals surface area contributed by atoms with Gasteiger partial charge in [0, 0.05) is 18.8 Å². The van der Waals surface area contributed by atoms with Gasteiger partial charge in [-0.1, -0.05) is 20.3 Å². The number of hydrogen-bond donors (Lipinski definition) is 2. The van der Waals surface area contributed by atoms with Crippen molar-refractivity contribution in [1.29, 1.82) is 0 Å². The zero-order valence-corrected chi connectivity index (χ0v) is 14.7. The van der Waals surface area contributed by atoms with Gasteiger partial charge < -0.3 is 20.4 Å². The van der Waals surface area contributed by atoms with Gasteiger partial charge in [0.1, 0.15) is 0 Å². The molecule has 0 radical (unpaired) electrons. The highest BCUT2D eigenvalue weighted by Gasteiger charge is 2.20. The van der Waals surface area contributed by atoms with Crippen molar-refractivity contribution >= 4 is 22.7 Å². The highest BCUT2D eigenvalue weighted by Crippen LogP contribution is 2.19. The SMILES string of the molecule is CCC(C)C(N)C(=O)Nc1ccc2oc(=O)n(CCN(C)C)c2c1. The number of oxazole rings is 1. The van der Waals surface area contributed by atoms with Gasteiger partial charge >= 0.3 is 5.76 Å². The van der Waals surface area contributed by atoms with E-state index in [1.54, 1.807) is 22.8 Å². The lowest BCUT2D eigenvalue weighted by atomic mass is 9.99. The molecule has 0 spiro atoms. The fraction of sp³-hybridized carbons (Fsp3) is 0.529. The fourth-order valence-electron chi connectivity index (χ4n) is 2.39. The molecule has 7 nitrogen and oxygen atoms in total. The van der Waals surface area contributed by atoms with Crippen LogP contribution in [0.25, 0.3) is 11.1 Å². The van der Waals surface area contributed by atoms with Crippen molar-refractivity contribution < 1.29 is 9.21 Å². The van der Waals surface area contributed by atoms with Crippen LogP contribution in [0.5, 0.6) is 0 Å². The Hall–Kier alpha value is -2.12. The molecule has 3 N–H and O–H groups in total. The van der Waals surface area contributed by atoms with Gasteiger partial charge in [-0.15, -0.1) is 0 Å². The molecule has 2 aromatic rings. The lowest BCUT2D eigenvalue weighted by Crippen LogP contribution is -2.40. The molecule has 0 saturated heterocycles. The van der Waals surface area contributed by atoms with Crippen LogP contribution >= 0.6 is 0 Å². The number of nitrogens with two attached hydrogens (primary N) is 1. The second kappa shape index (κ2) is 7.63. The Morgan fingerprint density at radius 1 is 1.42 bits per heavy atom. The molecule has 2 atom stereocenters. The van der Waals surface area contributed by atoms with Gasteiger partial charge in [0.2, 0.25) is 5.91 Å². The highest BCUT2D eigenvalue weighted by molar-refractivity contribution is 5.96. The average molecular weight is 334 g/mol. The lowest BCUT2D eigenvalue weighted by Gasteiger charge is -2.17. The number of nitrogens with one attached hydrogen (secondary N) is 1. The molecule has 1 heterocycles. The average Bonchev–Trinajstić information content (AvgIpc) is 2.86. The van der Waals surface area contributed by atoms with Gasteiger partial charge in [-0.25, -0.2) is 4.79 Å². The maximum atomic E-state index is 12.2. The molecule has 2 rings (SSSR count). The largest absolute Gasteiger partial charge is 0.419 e. The van der Waals surface area contributed by atoms with Gasteiger partial charge in [-0.05, 0) is 38.2 Å². The first-order valence-corrected chi connectivity index (χ1v) is 8.18. The molecule has 0 aliphatic carbocycles. The quantitative estimate of drug-likeness (QED) is 0.800. The lowest BCUT2D eigenvalue weighted by molar-refractivity contribution is -0.118. The monoisotopic (exact) mass is 334 g/mol. The Bertz CT molecular complexity index is 763. The van der Waals surface area contributed by atoms with Crippen molar-refractivity contribution in [3.8, 4) is 0 Å². The summed E-state index contributed by atoms with van der Waals surface area (Å²) < 4.78 is 6.81. The molecule has 0 bridgehead atoms. The zero-order chi connectivity index (χ0) is 17.9. The van der Waals surface area contributed by atoms with Gasteiger partial charge in [0.25, 0.3) is 0 Å². The standard InChI is InChI=1S/C17H26N4O3/c1-5-11(2)15(18)16(22)19-12-6-7-14-13(10-12)21(17(23)24-14)9-8-20(3)4/h6-7,10-11,15H,5,8-9,18H2,1-4H3,(H,19,22). The number of rotatable bonds is 7. The molecule has 1 amide bonds. The van der Waals surface area contributed by atoms with E-state index in [4.69, 9.17) is 10.2 Å². The molecular formula is C17H26N4O3. The third-order valence-electron chi connectivity index (χ3n) is 4.27. The van der Waals surface area contributed by atoms with Gasteiger partial charge in [0.05, 0.1) is 11.6 Å². The number of amides is 1. The van der Waals surface area contributed by atoms with E-state index in [0.717, 1.165) is 6.42 Å². The number of aromatic nitrogens is 1. The summed E-state index contributed by atoms with van der Waals surface area (Å²) in [4.78, 5) is 26.2. The summed E-state index contributed by atoms with van der Waals surface area (Å²) in [6.07, 6.45) is 0.833. The van der Waals surface area contributed by atoms with E-state index in [1.807, 2.05) is 32.8 Å². The molecule has 1 aromatic carbocycles. The van der Waals surface area contributed by atoms with E-state index in [2.05, 4.69) is 5.32 Å². The minimum atomic E-state index is -0.564. The van der Waals surface area contributed by atoms with Crippen molar-refractivity contribution in [2.75, 3.05) is 26.0 Å². The topological polar surface area (TPSA) is 93.5 Å². The van der Waals surface area contributed by atoms with E-state index in [9.17, 15) is 9.59 Å². The van der Waals surface area contributed by atoms with E-state index in [0.29, 0.717) is 29.9 Å². The number of hydrogen-bond acceptors (Lipinski definition) is 5. The Balaban J connectivity index is 2.25. The summed E-state index contributed by atoms with van der Waals surface area (Å²) in [5, 5.41) is 2.82. The predicted octanol–water partition coefficient (Wildman–Crippen LogP) is 1.47. The molecule has 0 fully saturated rings. The molecule has 0 aliphatic heterocycles. The van der Waals surface area contributed by atoms with Gasteiger partial charge in [0.15, 0.2) is 5.58 Å². The van der Waals surface area contributed by atoms with Crippen LogP contribution in [0.2, 0.25) is 0 Å². The van der Waals surface area contributed by atoms with Crippen molar-refractivity contribution in [2.45, 2.75) is 32.9 Å². The second-order valence-corrected chi connectivity index (χ2v) is 6.41. The minimum Gasteiger partial charge on any atom is -0.408 e. The number of anilines is 1. The van der Waals surface area contributed by atoms with E-state index in [1.165, 1.54) is 0 Å². The van der Waals surface area contributed by atoms with Crippen LogP contribution in [0.3, 0.4) is 0 Å². The van der Waals surface area contributed by atoms with Crippen LogP contribution in [-0.2, 0) is 11.3 Å². The van der Waals surface area contributed by atoms with E-state index < -0.39 is 11.8 Å². The van der Waals surface area contributed by atoms with Crippen LogP contribution in [0, 0.1) is 5.92 Å². The maximum Gasteiger partial charge on any atom is 0.419 e. The molecule has 24 heavy (non-hydrogen) atoms. The van der Waals surface area contributed by atoms with E-state index in [-0.39, 0.29) is 11.8 Å². The summed E-state index contributed by atoms with van der Waals surface area (Å²) in [5.74, 6) is -0.526. The second-order valence-electron chi connectivity index (χ2n) is 6.41. The molecule has 132 valence electrons. The molecule has 1 aromatic heterocycles. The third kappa shape index (κ3) is 4.04. The summed E-state index contributed by atoms with van der Waals surface area (Å²) in [6.45, 7) is 5.17. The van der Waals surface area contributed by atoms with E-state index >= 15 is 0 Å². The zero-order valence-electron chi connectivity index (χ0n) is 14.7. The molecule has 0 saturated carbocycles. The first-order valence-electron chi connectivity index (χ1n) is 8.18. The van der Waals surface area contributed by atoms with Crippen molar-refractivity contribution in [1.82, 2.24) is 9.47 Å². The van der Waals surface area contributed by atoms with Crippen molar-refractivity contribution in [3.05, 3.63) is 28.7 Å². The fourth-order valence-corrected chi connectivity index (χ4v) is 2.39. The normalized spacial score (nSPS) is 14.1. The molecular weight excluding hydrogens is 308 g/mol. The van der Waals surface area contributed by atoms with Crippen LogP contribution in [0.4, 0.5) is 5.69 Å². The molecule has 2 unspecified atom stereocenters. The number of fused-ring (bicyclic) bond motifs is 1. The van der Waals surface area contributed by atoms with Crippen molar-refractivity contribution in [2.24, 2.45) is 11.7 Å². The molecule has 0 aliphatic rings. The summed E-state index contributed by atoms with van der Waals surface area (Å²) in [6, 6.07) is 4.58. The van der Waals surface area contributed by atoms with Crippen LogP contribution in [0.1, 0.15) is 20.3 Å². The Morgan fingerprint density at radius 3 is 2.75 bits per heavy atom. The smallest absolute Gasteiger partial charge is 0.408 e. The number of benzene rings is 1. The van der Waals surface area contributed by atoms with Gasteiger partial charge in [-0.3, -0.25) is 9.36 Å². The number of nitrogens with zero attached hydrogens (tertiary/aromatic N) is 2. The van der Waals surface area contributed by atoms with Gasteiger partial charge in [-0.2, -0.15) is 0 Å². The first-order chi connectivity index (χ1) is 11.3. The summed E-state index contributed by atoms with van der Waals surface area (Å²) in [7, 11) is 3.88. The molecule has 7 heteroatoms. The van der Waals surface area contributed by atoms with Crippen LogP contribution < -0.4 is 16.8 Å². The predicted molar refractivity (Wildman–Crippen MR) is 95.1 cm³/mol. The van der Waals surface area contributed by atoms with Crippen LogP contribution in [-0.4, -0.2) is 42.1 Å². The Kier molecular flexibility index (Phi) is 5.80. The number of carbonyl (C=O) groups excluding carboxylic acids is 1. The third-order valence-corrected chi connectivity index (χ3v) is 4.27.